The van der Waals surface area contributed by atoms with Gasteiger partial charge >= 0.3 is 0 Å². The van der Waals surface area contributed by atoms with Crippen molar-refractivity contribution < 1.29 is 0 Å². The molecule has 0 spiro atoms. The highest BCUT2D eigenvalue weighted by Gasteiger charge is 2.10. The van der Waals surface area contributed by atoms with E-state index in [0.717, 1.165) is 22.3 Å². The maximum Gasteiger partial charge on any atom is 0.163 e. The molecule has 0 radical (unpaired) electrons. The molecule has 0 N–H and O–H groups in total. The van der Waals surface area contributed by atoms with Gasteiger partial charge in [-0.2, -0.15) is 0 Å². The van der Waals surface area contributed by atoms with Crippen molar-refractivity contribution in [3.05, 3.63) is 140 Å². The predicted molar refractivity (Wildman–Crippen MR) is 147 cm³/mol. The Morgan fingerprint density at radius 1 is 0.306 bits per heavy atom. The van der Waals surface area contributed by atoms with Crippen molar-refractivity contribution in [2.45, 2.75) is 0 Å². The molecule has 1 heterocycles. The number of nitrogens with zero attached hydrogens (tertiary/aromatic N) is 3. The van der Waals surface area contributed by atoms with Gasteiger partial charge in [0, 0.05) is 11.1 Å². The topological polar surface area (TPSA) is 38.7 Å². The van der Waals surface area contributed by atoms with Crippen LogP contribution in [0.15, 0.2) is 140 Å². The van der Waals surface area contributed by atoms with Gasteiger partial charge in [0.05, 0.1) is 0 Å². The van der Waals surface area contributed by atoms with E-state index < -0.39 is 0 Å². The van der Waals surface area contributed by atoms with Gasteiger partial charge in [-0.3, -0.25) is 0 Å². The molecule has 36 heavy (non-hydrogen) atoms. The molecule has 170 valence electrons. The first-order valence-electron chi connectivity index (χ1n) is 11.9. The van der Waals surface area contributed by atoms with E-state index in [0.29, 0.717) is 11.6 Å². The minimum atomic E-state index is 0.660. The summed E-state index contributed by atoms with van der Waals surface area (Å²) in [6.45, 7) is 0. The van der Waals surface area contributed by atoms with E-state index in [1.807, 2.05) is 48.5 Å². The first-order valence-corrected chi connectivity index (χ1v) is 11.9. The Balaban J connectivity index is 1.45. The quantitative estimate of drug-likeness (QED) is 0.260. The fourth-order valence-electron chi connectivity index (χ4n) is 4.39. The van der Waals surface area contributed by atoms with Crippen LogP contribution in [0.1, 0.15) is 0 Å². The Hall–Kier alpha value is -4.89. The smallest absolute Gasteiger partial charge is 0.163 e. The number of benzene rings is 5. The van der Waals surface area contributed by atoms with Crippen LogP contribution in [0.5, 0.6) is 0 Å². The zero-order valence-corrected chi connectivity index (χ0v) is 19.6. The normalized spacial score (nSPS) is 10.8. The third kappa shape index (κ3) is 4.55. The minimum absolute atomic E-state index is 0.660. The Morgan fingerprint density at radius 3 is 1.25 bits per heavy atom. The minimum Gasteiger partial charge on any atom is -0.217 e. The SMILES string of the molecule is c1ccc(-c2cc(-c3ccccc3)cc(-c3cccc(-c4ncnc(-c5ccccc5)n4)c3)c2)cc1. The van der Waals surface area contributed by atoms with Crippen LogP contribution in [-0.4, -0.2) is 15.0 Å². The lowest BCUT2D eigenvalue weighted by molar-refractivity contribution is 1.07. The number of rotatable bonds is 5. The molecule has 1 aromatic heterocycles. The van der Waals surface area contributed by atoms with Crippen LogP contribution in [0.2, 0.25) is 0 Å². The van der Waals surface area contributed by atoms with Gasteiger partial charge in [-0.15, -0.1) is 0 Å². The van der Waals surface area contributed by atoms with E-state index in [1.54, 1.807) is 6.33 Å². The fourth-order valence-corrected chi connectivity index (χ4v) is 4.39. The second-order valence-electron chi connectivity index (χ2n) is 8.61. The van der Waals surface area contributed by atoms with Crippen LogP contribution in [0.3, 0.4) is 0 Å². The summed E-state index contributed by atoms with van der Waals surface area (Å²) in [6, 6.07) is 46.2. The number of hydrogen-bond acceptors (Lipinski definition) is 3. The van der Waals surface area contributed by atoms with Gasteiger partial charge in [-0.1, -0.05) is 109 Å². The molecule has 6 rings (SSSR count). The van der Waals surface area contributed by atoms with Crippen LogP contribution in [0, 0.1) is 0 Å². The molecule has 0 unspecified atom stereocenters. The molecule has 0 atom stereocenters. The van der Waals surface area contributed by atoms with Crippen molar-refractivity contribution in [3.8, 4) is 56.2 Å². The van der Waals surface area contributed by atoms with Crippen molar-refractivity contribution in [2.75, 3.05) is 0 Å². The lowest BCUT2D eigenvalue weighted by Gasteiger charge is -2.12. The summed E-state index contributed by atoms with van der Waals surface area (Å²) in [5.41, 5.74) is 8.94. The van der Waals surface area contributed by atoms with Crippen LogP contribution < -0.4 is 0 Å². The molecule has 0 aliphatic rings. The lowest BCUT2D eigenvalue weighted by Crippen LogP contribution is -1.95. The summed E-state index contributed by atoms with van der Waals surface area (Å²) in [5.74, 6) is 1.33. The molecule has 0 amide bonds. The Bertz CT molecular complexity index is 1550. The van der Waals surface area contributed by atoms with Gasteiger partial charge in [0.2, 0.25) is 0 Å². The fraction of sp³-hybridized carbons (Fsp3) is 0. The maximum absolute atomic E-state index is 4.76. The van der Waals surface area contributed by atoms with Gasteiger partial charge in [-0.25, -0.2) is 15.0 Å². The molecule has 3 nitrogen and oxygen atoms in total. The average Bonchev–Trinajstić information content (AvgIpc) is 2.98. The molecular formula is C33H23N3. The van der Waals surface area contributed by atoms with E-state index in [9.17, 15) is 0 Å². The second kappa shape index (κ2) is 9.77. The van der Waals surface area contributed by atoms with Gasteiger partial charge in [0.1, 0.15) is 6.33 Å². The zero-order chi connectivity index (χ0) is 24.2. The second-order valence-corrected chi connectivity index (χ2v) is 8.61. The maximum atomic E-state index is 4.76. The highest BCUT2D eigenvalue weighted by atomic mass is 15.0. The van der Waals surface area contributed by atoms with Crippen LogP contribution >= 0.6 is 0 Å². The summed E-state index contributed by atoms with van der Waals surface area (Å²) in [7, 11) is 0. The zero-order valence-electron chi connectivity index (χ0n) is 19.6. The van der Waals surface area contributed by atoms with Crippen LogP contribution in [-0.2, 0) is 0 Å². The standard InChI is InChI=1S/C33H23N3/c1-4-11-24(12-5-1)29-20-30(25-13-6-2-7-14-25)22-31(21-29)27-17-10-18-28(19-27)33-35-23-34-32(36-33)26-15-8-3-9-16-26/h1-23H. The Morgan fingerprint density at radius 2 is 0.694 bits per heavy atom. The summed E-state index contributed by atoms with van der Waals surface area (Å²) >= 11 is 0. The molecule has 6 aromatic rings. The highest BCUT2D eigenvalue weighted by molar-refractivity contribution is 5.82. The molecule has 0 fully saturated rings. The van der Waals surface area contributed by atoms with Crippen LogP contribution in [0.25, 0.3) is 56.2 Å². The summed E-state index contributed by atoms with van der Waals surface area (Å²) in [4.78, 5) is 13.6. The van der Waals surface area contributed by atoms with E-state index in [4.69, 9.17) is 4.98 Å². The molecule has 3 heteroatoms. The van der Waals surface area contributed by atoms with Gasteiger partial charge in [0.25, 0.3) is 0 Å². The molecular weight excluding hydrogens is 438 g/mol. The molecule has 0 aliphatic heterocycles. The van der Waals surface area contributed by atoms with E-state index >= 15 is 0 Å². The molecule has 0 saturated carbocycles. The van der Waals surface area contributed by atoms with Gasteiger partial charge < -0.3 is 0 Å². The van der Waals surface area contributed by atoms with Crippen molar-refractivity contribution in [1.29, 1.82) is 0 Å². The highest BCUT2D eigenvalue weighted by Crippen LogP contribution is 2.34. The van der Waals surface area contributed by atoms with E-state index in [2.05, 4.69) is 94.9 Å². The molecule has 5 aromatic carbocycles. The molecule has 0 aliphatic carbocycles. The summed E-state index contributed by atoms with van der Waals surface area (Å²) < 4.78 is 0. The van der Waals surface area contributed by atoms with Gasteiger partial charge in [0.15, 0.2) is 11.6 Å². The van der Waals surface area contributed by atoms with E-state index in [1.165, 1.54) is 22.3 Å². The summed E-state index contributed by atoms with van der Waals surface area (Å²) in [5, 5.41) is 0. The monoisotopic (exact) mass is 461 g/mol. The number of hydrogen-bond donors (Lipinski definition) is 0. The van der Waals surface area contributed by atoms with Crippen molar-refractivity contribution >= 4 is 0 Å². The van der Waals surface area contributed by atoms with Crippen LogP contribution in [0.4, 0.5) is 0 Å². The largest absolute Gasteiger partial charge is 0.217 e. The van der Waals surface area contributed by atoms with Crippen molar-refractivity contribution in [2.24, 2.45) is 0 Å². The number of aromatic nitrogens is 3. The average molecular weight is 462 g/mol. The first kappa shape index (κ1) is 21.6. The third-order valence-corrected chi connectivity index (χ3v) is 6.21. The first-order chi connectivity index (χ1) is 17.8. The Kier molecular flexibility index (Phi) is 5.87. The van der Waals surface area contributed by atoms with Crippen molar-refractivity contribution in [3.63, 3.8) is 0 Å². The predicted octanol–water partition coefficient (Wildman–Crippen LogP) is 8.21. The summed E-state index contributed by atoms with van der Waals surface area (Å²) in [6.07, 6.45) is 1.58. The molecule has 0 saturated heterocycles. The third-order valence-electron chi connectivity index (χ3n) is 6.21. The van der Waals surface area contributed by atoms with Gasteiger partial charge in [-0.05, 0) is 57.6 Å². The molecule has 0 bridgehead atoms. The van der Waals surface area contributed by atoms with E-state index in [-0.39, 0.29) is 0 Å². The lowest BCUT2D eigenvalue weighted by atomic mass is 9.93. The Labute approximate surface area is 210 Å². The van der Waals surface area contributed by atoms with Crippen molar-refractivity contribution in [1.82, 2.24) is 15.0 Å².